The van der Waals surface area contributed by atoms with Crippen LogP contribution in [-0.2, 0) is 13.7 Å². The van der Waals surface area contributed by atoms with Gasteiger partial charge >= 0.3 is 257 Å². The normalized spacial score (nSPS) is 9.70. The molecule has 0 aromatic carbocycles. The standard InChI is InChI=1S/C12H27O4P.5K.H3O4P/c1-2-3-4-5-6-7-8-9-10-11-12-16-17(13,14)15;;;;;;1-5(2,3)4/h2-12H2,1H3,(H2,13,14,15);;;;;;(H3,1,2,3,4)/q;5*+1;/p-5. The van der Waals surface area contributed by atoms with Crippen LogP contribution in [0.5, 0.6) is 0 Å². The molecule has 0 heterocycles. The van der Waals surface area contributed by atoms with Crippen molar-refractivity contribution in [2.75, 3.05) is 6.61 Å². The van der Waals surface area contributed by atoms with Gasteiger partial charge in [-0.05, 0) is 6.42 Å². The number of unbranched alkanes of at least 4 members (excludes halogenated alkanes) is 9. The Morgan fingerprint density at radius 2 is 0.852 bits per heavy atom. The largest absolute Gasteiger partial charge is 1.00 e. The van der Waals surface area contributed by atoms with Gasteiger partial charge in [0.15, 0.2) is 0 Å². The minimum atomic E-state index is -5.39. The molecule has 0 N–H and O–H groups in total. The fourth-order valence-corrected chi connectivity index (χ4v) is 2.12. The molecule has 0 spiro atoms. The van der Waals surface area contributed by atoms with Crippen LogP contribution < -0.4 is 281 Å². The van der Waals surface area contributed by atoms with Crippen LogP contribution in [0.25, 0.3) is 0 Å². The number of rotatable bonds is 12. The summed E-state index contributed by atoms with van der Waals surface area (Å²) in [7, 11) is -10.1. The van der Waals surface area contributed by atoms with E-state index in [0.29, 0.717) is 6.42 Å². The Morgan fingerprint density at radius 1 is 0.593 bits per heavy atom. The molecule has 0 aliphatic rings. The Labute approximate surface area is 377 Å². The van der Waals surface area contributed by atoms with Gasteiger partial charge in [0, 0.05) is 0 Å². The summed E-state index contributed by atoms with van der Waals surface area (Å²) in [5.74, 6) is 0. The Balaban J connectivity index is -0.0000000713. The Morgan fingerprint density at radius 3 is 1.11 bits per heavy atom. The van der Waals surface area contributed by atoms with Crippen molar-refractivity contribution >= 4 is 15.6 Å². The van der Waals surface area contributed by atoms with Crippen LogP contribution in [0.2, 0.25) is 0 Å². The average molecular weight is 555 g/mol. The van der Waals surface area contributed by atoms with Gasteiger partial charge < -0.3 is 38.1 Å². The molecule has 0 saturated carbocycles. The van der Waals surface area contributed by atoms with Crippen LogP contribution >= 0.6 is 15.6 Å². The fourth-order valence-electron chi connectivity index (χ4n) is 1.77. The summed E-state index contributed by atoms with van der Waals surface area (Å²) in [6.07, 6.45) is 11.7. The Kier molecular flexibility index (Phi) is 70.3. The van der Waals surface area contributed by atoms with Gasteiger partial charge in [0.1, 0.15) is 0 Å². The van der Waals surface area contributed by atoms with Crippen molar-refractivity contribution in [1.82, 2.24) is 0 Å². The molecule has 136 valence electrons. The molecule has 0 aliphatic carbocycles. The van der Waals surface area contributed by atoms with E-state index in [-0.39, 0.29) is 264 Å². The van der Waals surface area contributed by atoms with Crippen molar-refractivity contribution in [3.05, 3.63) is 0 Å². The number of hydrogen-bond donors (Lipinski definition) is 0. The molecule has 0 rings (SSSR count). The van der Waals surface area contributed by atoms with Crippen molar-refractivity contribution in [3.63, 3.8) is 0 Å². The van der Waals surface area contributed by atoms with Crippen molar-refractivity contribution in [1.29, 1.82) is 0 Å². The molecule has 0 atom stereocenters. The molecule has 0 fully saturated rings. The van der Waals surface area contributed by atoms with Crippen LogP contribution in [0.1, 0.15) is 71.1 Å². The third kappa shape index (κ3) is 72.0. The minimum absolute atomic E-state index is 0. The summed E-state index contributed by atoms with van der Waals surface area (Å²) in [6.45, 7) is 2.26. The molecule has 0 aliphatic heterocycles. The van der Waals surface area contributed by atoms with Gasteiger partial charge in [-0.1, -0.05) is 64.7 Å². The van der Waals surface area contributed by atoms with Gasteiger partial charge in [-0.2, -0.15) is 7.82 Å². The maximum absolute atomic E-state index is 10.1. The van der Waals surface area contributed by atoms with E-state index in [1.165, 1.54) is 44.9 Å². The fraction of sp³-hybridized carbons (Fsp3) is 1.00. The van der Waals surface area contributed by atoms with Crippen LogP contribution in [0.15, 0.2) is 0 Å². The van der Waals surface area contributed by atoms with Crippen molar-refractivity contribution < 1.29 is 295 Å². The molecule has 0 saturated heterocycles. The second-order valence-corrected chi connectivity index (χ2v) is 6.96. The molecule has 0 amide bonds. The minimum Gasteiger partial charge on any atom is -0.822 e. The van der Waals surface area contributed by atoms with E-state index in [4.69, 9.17) is 19.2 Å². The summed E-state index contributed by atoms with van der Waals surface area (Å²) in [5, 5.41) is 0. The summed E-state index contributed by atoms with van der Waals surface area (Å²) in [5.41, 5.74) is 0. The smallest absolute Gasteiger partial charge is 0.822 e. The Hall–Kier alpha value is 8.40. The first-order valence-electron chi connectivity index (χ1n) is 7.46. The molecule has 0 aromatic heterocycles. The van der Waals surface area contributed by atoms with E-state index in [0.717, 1.165) is 12.8 Å². The van der Waals surface area contributed by atoms with E-state index in [2.05, 4.69) is 11.4 Å². The van der Waals surface area contributed by atoms with Crippen LogP contribution in [0.3, 0.4) is 0 Å². The first-order valence-corrected chi connectivity index (χ1v) is 10.4. The number of phosphoric acid groups is 2. The summed E-state index contributed by atoms with van der Waals surface area (Å²) in [4.78, 5) is 45.9. The maximum atomic E-state index is 10.1. The summed E-state index contributed by atoms with van der Waals surface area (Å²) in [6, 6.07) is 0. The zero-order valence-corrected chi connectivity index (χ0v) is 35.3. The van der Waals surface area contributed by atoms with E-state index in [1.807, 2.05) is 0 Å². The summed E-state index contributed by atoms with van der Waals surface area (Å²) >= 11 is 0. The first kappa shape index (κ1) is 51.9. The zero-order chi connectivity index (χ0) is 17.5. The van der Waals surface area contributed by atoms with Crippen LogP contribution in [-0.4, -0.2) is 6.61 Å². The molecular weight excluding hydrogens is 530 g/mol. The predicted octanol–water partition coefficient (Wildman–Crippen LogP) is -15.1. The quantitative estimate of drug-likeness (QED) is 0.131. The van der Waals surface area contributed by atoms with E-state index in [9.17, 15) is 14.4 Å². The van der Waals surface area contributed by atoms with E-state index >= 15 is 0 Å². The zero-order valence-electron chi connectivity index (χ0n) is 17.9. The molecular formula is C12H25K5O8P2. The van der Waals surface area contributed by atoms with Gasteiger partial charge in [-0.3, -0.25) is 0 Å². The monoisotopic (exact) mass is 554 g/mol. The van der Waals surface area contributed by atoms with Gasteiger partial charge in [0.25, 0.3) is 0 Å². The van der Waals surface area contributed by atoms with Gasteiger partial charge in [0.05, 0.1) is 14.4 Å². The molecule has 0 bridgehead atoms. The molecule has 27 heavy (non-hydrogen) atoms. The second-order valence-electron chi connectivity index (χ2n) is 4.91. The van der Waals surface area contributed by atoms with E-state index < -0.39 is 15.6 Å². The predicted molar refractivity (Wildman–Crippen MR) is 73.0 cm³/mol. The van der Waals surface area contributed by atoms with Gasteiger partial charge in [-0.25, -0.2) is 0 Å². The van der Waals surface area contributed by atoms with Crippen LogP contribution in [0, 0.1) is 0 Å². The van der Waals surface area contributed by atoms with Gasteiger partial charge in [-0.15, -0.1) is 0 Å². The first-order chi connectivity index (χ1) is 10.1. The SMILES string of the molecule is CCCCCCCCCCCCOP(=O)([O-])[O-].O=P([O-])([O-])[O-].[K+].[K+].[K+].[K+].[K+]. The van der Waals surface area contributed by atoms with E-state index in [1.54, 1.807) is 0 Å². The number of phosphoric ester groups is 1. The molecule has 0 unspecified atom stereocenters. The van der Waals surface area contributed by atoms with Crippen molar-refractivity contribution in [3.8, 4) is 0 Å². The van der Waals surface area contributed by atoms with Crippen molar-refractivity contribution in [2.45, 2.75) is 71.1 Å². The average Bonchev–Trinajstić information content (AvgIpc) is 2.32. The van der Waals surface area contributed by atoms with Gasteiger partial charge in [0.2, 0.25) is 0 Å². The third-order valence-electron chi connectivity index (χ3n) is 2.75. The number of hydrogen-bond acceptors (Lipinski definition) is 8. The molecule has 0 radical (unpaired) electrons. The topological polar surface area (TPSA) is 159 Å². The second kappa shape index (κ2) is 36.6. The maximum Gasteiger partial charge on any atom is 1.00 e. The van der Waals surface area contributed by atoms with Crippen LogP contribution in [0.4, 0.5) is 0 Å². The Bertz CT molecular complexity index is 335. The molecule has 15 heteroatoms. The summed E-state index contributed by atoms with van der Waals surface area (Å²) < 4.78 is 22.8. The van der Waals surface area contributed by atoms with Crippen molar-refractivity contribution in [2.24, 2.45) is 0 Å². The molecule has 8 nitrogen and oxygen atoms in total. The molecule has 0 aromatic rings. The third-order valence-corrected chi connectivity index (χ3v) is 3.25.